The lowest BCUT2D eigenvalue weighted by Crippen LogP contribution is -2.63. The van der Waals surface area contributed by atoms with Gasteiger partial charge in [0.15, 0.2) is 6.10 Å². The van der Waals surface area contributed by atoms with Crippen molar-refractivity contribution in [3.63, 3.8) is 0 Å². The molecule has 0 aliphatic carbocycles. The molecule has 1 saturated heterocycles. The lowest BCUT2D eigenvalue weighted by Gasteiger charge is -2.48. The molecule has 2 atom stereocenters. The molecule has 2 unspecified atom stereocenters. The summed E-state index contributed by atoms with van der Waals surface area (Å²) >= 11 is 0. The SMILES string of the molecule is COc1ccc(C2NC(=O)C2O[Si](C(C)C)(C(C)C)C(C)C)nc1. The number of hydrogen-bond donors (Lipinski definition) is 1. The average Bonchev–Trinajstić information content (AvgIpc) is 2.52. The Morgan fingerprint density at radius 1 is 1.08 bits per heavy atom. The van der Waals surface area contributed by atoms with Crippen LogP contribution in [-0.2, 0) is 9.22 Å². The molecule has 1 amide bonds. The number of pyridine rings is 1. The summed E-state index contributed by atoms with van der Waals surface area (Å²) in [5.41, 5.74) is 2.14. The van der Waals surface area contributed by atoms with E-state index in [2.05, 4.69) is 51.8 Å². The molecule has 6 heteroatoms. The first kappa shape index (κ1) is 18.9. The van der Waals surface area contributed by atoms with Crippen LogP contribution in [-0.4, -0.2) is 32.4 Å². The number of nitrogens with zero attached hydrogens (tertiary/aromatic N) is 1. The van der Waals surface area contributed by atoms with E-state index in [-0.39, 0.29) is 11.9 Å². The van der Waals surface area contributed by atoms with Gasteiger partial charge in [0.1, 0.15) is 11.8 Å². The largest absolute Gasteiger partial charge is 0.495 e. The smallest absolute Gasteiger partial charge is 0.251 e. The van der Waals surface area contributed by atoms with E-state index in [9.17, 15) is 4.79 Å². The fraction of sp³-hybridized carbons (Fsp3) is 0.667. The molecule has 0 aromatic carbocycles. The fourth-order valence-electron chi connectivity index (χ4n) is 4.04. The highest BCUT2D eigenvalue weighted by atomic mass is 28.4. The van der Waals surface area contributed by atoms with E-state index in [0.717, 1.165) is 5.69 Å². The zero-order valence-corrected chi connectivity index (χ0v) is 16.8. The second kappa shape index (κ2) is 7.23. The zero-order chi connectivity index (χ0) is 18.1. The number of carbonyl (C=O) groups excluding carboxylic acids is 1. The van der Waals surface area contributed by atoms with E-state index in [4.69, 9.17) is 9.16 Å². The number of hydrogen-bond acceptors (Lipinski definition) is 4. The molecule has 2 heterocycles. The number of β-lactam (4-membered cyclic amide) rings is 1. The topological polar surface area (TPSA) is 60.5 Å². The molecular formula is C18H30N2O3Si. The van der Waals surface area contributed by atoms with Gasteiger partial charge in [0.2, 0.25) is 8.32 Å². The summed E-state index contributed by atoms with van der Waals surface area (Å²) in [6, 6.07) is 3.58. The van der Waals surface area contributed by atoms with Crippen molar-refractivity contribution in [3.8, 4) is 5.75 Å². The van der Waals surface area contributed by atoms with E-state index in [0.29, 0.717) is 22.4 Å². The Bertz CT molecular complexity index is 550. The van der Waals surface area contributed by atoms with E-state index >= 15 is 0 Å². The standard InChI is InChI=1S/C18H30N2O3Si/c1-11(2)24(12(3)4,13(5)6)23-17-16(20-18(17)21)15-9-8-14(22-7)10-19-15/h8-13,16-17H,1-7H3,(H,20,21). The van der Waals surface area contributed by atoms with Gasteiger partial charge in [0.25, 0.3) is 5.91 Å². The number of nitrogens with one attached hydrogen (secondary N) is 1. The second-order valence-corrected chi connectivity index (χ2v) is 12.9. The molecule has 1 aromatic rings. The Labute approximate surface area is 146 Å². The number of carbonyl (C=O) groups is 1. The van der Waals surface area contributed by atoms with E-state index < -0.39 is 14.4 Å². The molecular weight excluding hydrogens is 320 g/mol. The summed E-state index contributed by atoms with van der Waals surface area (Å²) in [5.74, 6) is 0.675. The zero-order valence-electron chi connectivity index (χ0n) is 15.8. The highest BCUT2D eigenvalue weighted by molar-refractivity contribution is 6.77. The maximum atomic E-state index is 12.2. The molecule has 24 heavy (non-hydrogen) atoms. The van der Waals surface area contributed by atoms with Crippen LogP contribution in [0.5, 0.6) is 5.75 Å². The minimum Gasteiger partial charge on any atom is -0.495 e. The summed E-state index contributed by atoms with van der Waals surface area (Å²) in [6.07, 6.45) is 1.24. The van der Waals surface area contributed by atoms with Crippen LogP contribution >= 0.6 is 0 Å². The number of ether oxygens (including phenoxy) is 1. The van der Waals surface area contributed by atoms with Crippen LogP contribution in [0.25, 0.3) is 0 Å². The highest BCUT2D eigenvalue weighted by Gasteiger charge is 2.52. The van der Waals surface area contributed by atoms with Crippen molar-refractivity contribution in [2.24, 2.45) is 0 Å². The van der Waals surface area contributed by atoms with Crippen LogP contribution in [0.3, 0.4) is 0 Å². The minimum atomic E-state index is -2.11. The summed E-state index contributed by atoms with van der Waals surface area (Å²) < 4.78 is 11.8. The van der Waals surface area contributed by atoms with Crippen LogP contribution in [0.15, 0.2) is 18.3 Å². The van der Waals surface area contributed by atoms with Crippen LogP contribution in [0.1, 0.15) is 53.3 Å². The Morgan fingerprint density at radius 3 is 2.04 bits per heavy atom. The normalized spacial score (nSPS) is 21.2. The summed E-state index contributed by atoms with van der Waals surface area (Å²) in [6.45, 7) is 13.4. The van der Waals surface area contributed by atoms with Crippen molar-refractivity contribution in [3.05, 3.63) is 24.0 Å². The first-order valence-corrected chi connectivity index (χ1v) is 10.9. The van der Waals surface area contributed by atoms with Crippen molar-refractivity contribution in [2.75, 3.05) is 7.11 Å². The Morgan fingerprint density at radius 2 is 1.67 bits per heavy atom. The van der Waals surface area contributed by atoms with Crippen LogP contribution in [0, 0.1) is 0 Å². The van der Waals surface area contributed by atoms with Crippen LogP contribution < -0.4 is 10.1 Å². The minimum absolute atomic E-state index is 0.0311. The lowest BCUT2D eigenvalue weighted by atomic mass is 9.98. The van der Waals surface area contributed by atoms with Crippen molar-refractivity contribution in [1.82, 2.24) is 10.3 Å². The Kier molecular flexibility index (Phi) is 5.70. The number of methoxy groups -OCH3 is 1. The first-order chi connectivity index (χ1) is 11.2. The van der Waals surface area contributed by atoms with Gasteiger partial charge in [-0.25, -0.2) is 0 Å². The molecule has 0 radical (unpaired) electrons. The van der Waals surface area contributed by atoms with Crippen molar-refractivity contribution in [2.45, 2.75) is 70.3 Å². The molecule has 1 N–H and O–H groups in total. The van der Waals surface area contributed by atoms with Crippen molar-refractivity contribution in [1.29, 1.82) is 0 Å². The maximum absolute atomic E-state index is 12.2. The molecule has 1 aromatic heterocycles. The van der Waals surface area contributed by atoms with Gasteiger partial charge in [0.05, 0.1) is 19.0 Å². The number of aromatic nitrogens is 1. The average molecular weight is 351 g/mol. The van der Waals surface area contributed by atoms with Gasteiger partial charge >= 0.3 is 0 Å². The van der Waals surface area contributed by atoms with Gasteiger partial charge in [-0.05, 0) is 28.8 Å². The highest BCUT2D eigenvalue weighted by Crippen LogP contribution is 2.45. The fourth-order valence-corrected chi connectivity index (χ4v) is 9.54. The van der Waals surface area contributed by atoms with E-state index in [1.54, 1.807) is 13.3 Å². The third-order valence-electron chi connectivity index (χ3n) is 5.21. The molecule has 0 spiro atoms. The summed E-state index contributed by atoms with van der Waals surface area (Å²) in [4.78, 5) is 16.6. The van der Waals surface area contributed by atoms with E-state index in [1.807, 2.05) is 12.1 Å². The second-order valence-electron chi connectivity index (χ2n) is 7.47. The quantitative estimate of drug-likeness (QED) is 0.600. The maximum Gasteiger partial charge on any atom is 0.251 e. The summed E-state index contributed by atoms with van der Waals surface area (Å²) in [5, 5.41) is 2.94. The van der Waals surface area contributed by atoms with Gasteiger partial charge in [-0.3, -0.25) is 9.78 Å². The molecule has 134 valence electrons. The monoisotopic (exact) mass is 350 g/mol. The van der Waals surface area contributed by atoms with Gasteiger partial charge in [-0.2, -0.15) is 0 Å². The molecule has 2 rings (SSSR count). The molecule has 1 aliphatic heterocycles. The molecule has 0 bridgehead atoms. The number of rotatable bonds is 7. The van der Waals surface area contributed by atoms with Crippen molar-refractivity contribution < 1.29 is 14.0 Å². The van der Waals surface area contributed by atoms with Crippen LogP contribution in [0.2, 0.25) is 16.6 Å². The Balaban J connectivity index is 2.26. The van der Waals surface area contributed by atoms with E-state index in [1.165, 1.54) is 0 Å². The third-order valence-corrected chi connectivity index (χ3v) is 11.3. The van der Waals surface area contributed by atoms with Gasteiger partial charge in [0, 0.05) is 0 Å². The molecule has 1 aliphatic rings. The van der Waals surface area contributed by atoms with Crippen LogP contribution in [0.4, 0.5) is 0 Å². The number of amides is 1. The molecule has 5 nitrogen and oxygen atoms in total. The Hall–Kier alpha value is -1.40. The predicted octanol–water partition coefficient (Wildman–Crippen LogP) is 3.82. The summed E-state index contributed by atoms with van der Waals surface area (Å²) in [7, 11) is -0.495. The van der Waals surface area contributed by atoms with Gasteiger partial charge in [-0.15, -0.1) is 0 Å². The lowest BCUT2D eigenvalue weighted by molar-refractivity contribution is -0.141. The van der Waals surface area contributed by atoms with Crippen molar-refractivity contribution >= 4 is 14.2 Å². The third kappa shape index (κ3) is 3.22. The van der Waals surface area contributed by atoms with Gasteiger partial charge < -0.3 is 14.5 Å². The predicted molar refractivity (Wildman–Crippen MR) is 97.6 cm³/mol. The first-order valence-electron chi connectivity index (χ1n) is 8.72. The molecule has 1 fully saturated rings. The van der Waals surface area contributed by atoms with Gasteiger partial charge in [-0.1, -0.05) is 41.5 Å². The molecule has 0 saturated carbocycles.